The third-order valence-corrected chi connectivity index (χ3v) is 3.40. The van der Waals surface area contributed by atoms with E-state index in [9.17, 15) is 0 Å². The van der Waals surface area contributed by atoms with Crippen molar-refractivity contribution in [1.82, 2.24) is 4.90 Å². The van der Waals surface area contributed by atoms with Gasteiger partial charge >= 0.3 is 0 Å². The molecule has 82 valence electrons. The molecular formula is C13H20N2. The molecule has 1 aromatic rings. The van der Waals surface area contributed by atoms with E-state index in [0.29, 0.717) is 12.1 Å². The third-order valence-electron chi connectivity index (χ3n) is 3.40. The molecule has 1 heterocycles. The summed E-state index contributed by atoms with van der Waals surface area (Å²) in [6.45, 7) is 4.56. The molecule has 2 heteroatoms. The lowest BCUT2D eigenvalue weighted by molar-refractivity contribution is 0.163. The van der Waals surface area contributed by atoms with Crippen LogP contribution < -0.4 is 5.73 Å². The minimum Gasteiger partial charge on any atom is -0.328 e. The Labute approximate surface area is 92.1 Å². The lowest BCUT2D eigenvalue weighted by Crippen LogP contribution is -2.40. The third kappa shape index (κ3) is 2.58. The number of nitrogens with two attached hydrogens (primary N) is 1. The van der Waals surface area contributed by atoms with Crippen molar-refractivity contribution in [3.05, 3.63) is 35.9 Å². The van der Waals surface area contributed by atoms with Crippen molar-refractivity contribution in [2.24, 2.45) is 5.73 Å². The van der Waals surface area contributed by atoms with Crippen molar-refractivity contribution in [3.63, 3.8) is 0 Å². The van der Waals surface area contributed by atoms with Crippen LogP contribution in [-0.4, -0.2) is 24.0 Å². The first-order valence-electron chi connectivity index (χ1n) is 5.82. The lowest BCUT2D eigenvalue weighted by Gasteiger charge is -2.35. The van der Waals surface area contributed by atoms with Gasteiger partial charge in [0.1, 0.15) is 0 Å². The van der Waals surface area contributed by atoms with E-state index in [4.69, 9.17) is 5.73 Å². The Morgan fingerprint density at radius 3 is 2.40 bits per heavy atom. The number of hydrogen-bond acceptors (Lipinski definition) is 2. The number of benzene rings is 1. The summed E-state index contributed by atoms with van der Waals surface area (Å²) in [6, 6.07) is 11.7. The summed E-state index contributed by atoms with van der Waals surface area (Å²) in [5, 5.41) is 0. The summed E-state index contributed by atoms with van der Waals surface area (Å²) in [4.78, 5) is 2.53. The van der Waals surface area contributed by atoms with E-state index in [1.165, 1.54) is 5.56 Å². The van der Waals surface area contributed by atoms with E-state index in [0.717, 1.165) is 25.9 Å². The van der Waals surface area contributed by atoms with Crippen LogP contribution in [0.15, 0.2) is 30.3 Å². The Bertz CT molecular complexity index is 289. The van der Waals surface area contributed by atoms with Crippen molar-refractivity contribution < 1.29 is 0 Å². The van der Waals surface area contributed by atoms with Crippen LogP contribution in [0.3, 0.4) is 0 Å². The highest BCUT2D eigenvalue weighted by Gasteiger charge is 2.20. The Hall–Kier alpha value is -0.860. The van der Waals surface area contributed by atoms with Crippen LogP contribution >= 0.6 is 0 Å². The van der Waals surface area contributed by atoms with Gasteiger partial charge < -0.3 is 5.73 Å². The van der Waals surface area contributed by atoms with Gasteiger partial charge in [-0.1, -0.05) is 30.3 Å². The van der Waals surface area contributed by atoms with Crippen LogP contribution in [0.25, 0.3) is 0 Å². The highest BCUT2D eigenvalue weighted by atomic mass is 15.2. The average Bonchev–Trinajstić information content (AvgIpc) is 2.30. The SMILES string of the molecule is C[C@H](c1ccccc1)N1CCC(N)CC1. The predicted molar refractivity (Wildman–Crippen MR) is 63.6 cm³/mol. The van der Waals surface area contributed by atoms with Gasteiger partial charge in [-0.05, 0) is 25.3 Å². The van der Waals surface area contributed by atoms with E-state index in [-0.39, 0.29) is 0 Å². The molecule has 1 aliphatic rings. The minimum atomic E-state index is 0.421. The molecule has 1 aromatic carbocycles. The van der Waals surface area contributed by atoms with E-state index in [1.807, 2.05) is 0 Å². The number of hydrogen-bond donors (Lipinski definition) is 1. The zero-order valence-electron chi connectivity index (χ0n) is 9.39. The van der Waals surface area contributed by atoms with Crippen LogP contribution in [0.2, 0.25) is 0 Å². The van der Waals surface area contributed by atoms with Gasteiger partial charge in [-0.15, -0.1) is 0 Å². The molecule has 2 rings (SSSR count). The summed E-state index contributed by atoms with van der Waals surface area (Å²) in [5.74, 6) is 0. The molecule has 15 heavy (non-hydrogen) atoms. The Morgan fingerprint density at radius 1 is 1.20 bits per heavy atom. The molecule has 2 nitrogen and oxygen atoms in total. The molecule has 0 aliphatic carbocycles. The van der Waals surface area contributed by atoms with Gasteiger partial charge in [-0.2, -0.15) is 0 Å². The fourth-order valence-electron chi connectivity index (χ4n) is 2.25. The fraction of sp³-hybridized carbons (Fsp3) is 0.538. The van der Waals surface area contributed by atoms with Crippen molar-refractivity contribution in [1.29, 1.82) is 0 Å². The second-order valence-corrected chi connectivity index (χ2v) is 4.46. The van der Waals surface area contributed by atoms with Crippen molar-refractivity contribution >= 4 is 0 Å². The summed E-state index contributed by atoms with van der Waals surface area (Å²) in [7, 11) is 0. The summed E-state index contributed by atoms with van der Waals surface area (Å²) < 4.78 is 0. The maximum absolute atomic E-state index is 5.91. The van der Waals surface area contributed by atoms with Gasteiger partial charge in [0.25, 0.3) is 0 Å². The first-order chi connectivity index (χ1) is 7.27. The molecule has 0 aromatic heterocycles. The zero-order valence-corrected chi connectivity index (χ0v) is 9.39. The van der Waals surface area contributed by atoms with E-state index in [2.05, 4.69) is 42.2 Å². The number of likely N-dealkylation sites (tertiary alicyclic amines) is 1. The molecule has 2 N–H and O–H groups in total. The molecule has 0 saturated carbocycles. The van der Waals surface area contributed by atoms with Crippen LogP contribution in [0, 0.1) is 0 Å². The monoisotopic (exact) mass is 204 g/mol. The molecule has 0 unspecified atom stereocenters. The number of piperidine rings is 1. The van der Waals surface area contributed by atoms with Gasteiger partial charge in [0, 0.05) is 25.2 Å². The van der Waals surface area contributed by atoms with Crippen molar-refractivity contribution in [3.8, 4) is 0 Å². The summed E-state index contributed by atoms with van der Waals surface area (Å²) in [6.07, 6.45) is 2.27. The Kier molecular flexibility index (Phi) is 3.39. The van der Waals surface area contributed by atoms with Gasteiger partial charge in [-0.3, -0.25) is 4.90 Å². The Morgan fingerprint density at radius 2 is 1.80 bits per heavy atom. The van der Waals surface area contributed by atoms with Gasteiger partial charge in [0.2, 0.25) is 0 Å². The van der Waals surface area contributed by atoms with Crippen molar-refractivity contribution in [2.75, 3.05) is 13.1 Å². The second kappa shape index (κ2) is 4.77. The van der Waals surface area contributed by atoms with Crippen molar-refractivity contribution in [2.45, 2.75) is 31.8 Å². The first-order valence-corrected chi connectivity index (χ1v) is 5.82. The normalized spacial score (nSPS) is 21.5. The average molecular weight is 204 g/mol. The quantitative estimate of drug-likeness (QED) is 0.800. The molecule has 1 atom stereocenters. The molecule has 0 radical (unpaired) electrons. The summed E-state index contributed by atoms with van der Waals surface area (Å²) in [5.41, 5.74) is 7.32. The lowest BCUT2D eigenvalue weighted by atomic mass is 10.0. The topological polar surface area (TPSA) is 29.3 Å². The van der Waals surface area contributed by atoms with Crippen LogP contribution in [0.4, 0.5) is 0 Å². The van der Waals surface area contributed by atoms with Crippen LogP contribution in [0.5, 0.6) is 0 Å². The van der Waals surface area contributed by atoms with Gasteiger partial charge in [0.05, 0.1) is 0 Å². The molecule has 0 spiro atoms. The largest absolute Gasteiger partial charge is 0.328 e. The minimum absolute atomic E-state index is 0.421. The maximum atomic E-state index is 5.91. The summed E-state index contributed by atoms with van der Waals surface area (Å²) >= 11 is 0. The van der Waals surface area contributed by atoms with Crippen LogP contribution in [0.1, 0.15) is 31.4 Å². The maximum Gasteiger partial charge on any atom is 0.0319 e. The molecule has 0 amide bonds. The fourth-order valence-corrected chi connectivity index (χ4v) is 2.25. The number of nitrogens with zero attached hydrogens (tertiary/aromatic N) is 1. The van der Waals surface area contributed by atoms with E-state index in [1.54, 1.807) is 0 Å². The van der Waals surface area contributed by atoms with Crippen LogP contribution in [-0.2, 0) is 0 Å². The standard InChI is InChI=1S/C13H20N2/c1-11(12-5-3-2-4-6-12)15-9-7-13(14)8-10-15/h2-6,11,13H,7-10,14H2,1H3/t11-/m1/s1. The first kappa shape index (κ1) is 10.7. The second-order valence-electron chi connectivity index (χ2n) is 4.46. The molecule has 1 saturated heterocycles. The van der Waals surface area contributed by atoms with E-state index < -0.39 is 0 Å². The Balaban J connectivity index is 1.99. The highest BCUT2D eigenvalue weighted by molar-refractivity contribution is 5.18. The smallest absolute Gasteiger partial charge is 0.0319 e. The van der Waals surface area contributed by atoms with Gasteiger partial charge in [0.15, 0.2) is 0 Å². The molecule has 0 bridgehead atoms. The number of rotatable bonds is 2. The zero-order chi connectivity index (χ0) is 10.7. The van der Waals surface area contributed by atoms with E-state index >= 15 is 0 Å². The molecular weight excluding hydrogens is 184 g/mol. The molecule has 1 fully saturated rings. The molecule has 1 aliphatic heterocycles. The highest BCUT2D eigenvalue weighted by Crippen LogP contribution is 2.23. The predicted octanol–water partition coefficient (Wildman–Crippen LogP) is 2.17. The van der Waals surface area contributed by atoms with Gasteiger partial charge in [-0.25, -0.2) is 0 Å².